The van der Waals surface area contributed by atoms with Crippen LogP contribution in [0.25, 0.3) is 0 Å². The number of hydrazine groups is 1. The van der Waals surface area contributed by atoms with Crippen molar-refractivity contribution >= 4 is 29.0 Å². The molecule has 0 aliphatic carbocycles. The molecule has 0 aliphatic heterocycles. The number of thiocarbonyl (C=S) groups is 1. The lowest BCUT2D eigenvalue weighted by atomic mass is 10.1. The predicted molar refractivity (Wildman–Crippen MR) is 58.8 cm³/mol. The van der Waals surface area contributed by atoms with Crippen molar-refractivity contribution < 1.29 is 9.59 Å². The zero-order valence-corrected chi connectivity index (χ0v) is 8.51. The molecule has 0 radical (unpaired) electrons. The molecule has 1 aromatic rings. The number of carbonyl (C=O) groups is 2. The Morgan fingerprint density at radius 2 is 1.73 bits per heavy atom. The molecule has 0 saturated carbocycles. The first kappa shape index (κ1) is 11.1. The highest BCUT2D eigenvalue weighted by Gasteiger charge is 2.14. The van der Waals surface area contributed by atoms with E-state index in [1.54, 1.807) is 30.3 Å². The van der Waals surface area contributed by atoms with Crippen LogP contribution in [0.1, 0.15) is 10.4 Å². The summed E-state index contributed by atoms with van der Waals surface area (Å²) >= 11 is 4.46. The van der Waals surface area contributed by atoms with E-state index < -0.39 is 11.7 Å². The van der Waals surface area contributed by atoms with Crippen LogP contribution in [0, 0.1) is 0 Å². The van der Waals surface area contributed by atoms with Gasteiger partial charge in [0.15, 0.2) is 5.11 Å². The second-order valence-corrected chi connectivity index (χ2v) is 3.08. The van der Waals surface area contributed by atoms with E-state index in [1.807, 2.05) is 0 Å². The molecule has 5 nitrogen and oxygen atoms in total. The van der Waals surface area contributed by atoms with Crippen molar-refractivity contribution in [2.75, 3.05) is 0 Å². The summed E-state index contributed by atoms with van der Waals surface area (Å²) in [5.74, 6) is -1.46. The van der Waals surface area contributed by atoms with Gasteiger partial charge in [-0.1, -0.05) is 30.3 Å². The topological polar surface area (TPSA) is 84.2 Å². The molecule has 0 aromatic heterocycles. The van der Waals surface area contributed by atoms with E-state index in [-0.39, 0.29) is 5.11 Å². The van der Waals surface area contributed by atoms with Crippen LogP contribution in [0.15, 0.2) is 30.3 Å². The summed E-state index contributed by atoms with van der Waals surface area (Å²) < 4.78 is 0. The minimum Gasteiger partial charge on any atom is -0.375 e. The third-order valence-corrected chi connectivity index (χ3v) is 1.64. The number of benzene rings is 1. The van der Waals surface area contributed by atoms with Crippen molar-refractivity contribution in [2.45, 2.75) is 0 Å². The number of ketones is 1. The van der Waals surface area contributed by atoms with Crippen LogP contribution >= 0.6 is 12.2 Å². The maximum absolute atomic E-state index is 11.4. The number of rotatable bonds is 2. The first-order valence-electron chi connectivity index (χ1n) is 4.06. The summed E-state index contributed by atoms with van der Waals surface area (Å²) in [5, 5.41) is -0.107. The molecule has 0 fully saturated rings. The van der Waals surface area contributed by atoms with Gasteiger partial charge in [-0.2, -0.15) is 0 Å². The molecule has 4 N–H and O–H groups in total. The quantitative estimate of drug-likeness (QED) is 0.278. The number of Topliss-reactive ketones (excluding diaryl/α,β-unsaturated/α-hetero) is 1. The van der Waals surface area contributed by atoms with Crippen molar-refractivity contribution in [2.24, 2.45) is 5.73 Å². The number of hydrogen-bond acceptors (Lipinski definition) is 3. The van der Waals surface area contributed by atoms with Gasteiger partial charge in [0.2, 0.25) is 0 Å². The largest absolute Gasteiger partial charge is 0.375 e. The minimum absolute atomic E-state index is 0.107. The molecular formula is C9H9N3O2S. The van der Waals surface area contributed by atoms with Gasteiger partial charge in [-0.05, 0) is 12.2 Å². The van der Waals surface area contributed by atoms with Gasteiger partial charge in [0.05, 0.1) is 0 Å². The number of carbonyl (C=O) groups excluding carboxylic acids is 2. The van der Waals surface area contributed by atoms with E-state index in [9.17, 15) is 9.59 Å². The van der Waals surface area contributed by atoms with E-state index in [1.165, 1.54) is 0 Å². The molecule has 0 atom stereocenters. The van der Waals surface area contributed by atoms with E-state index in [2.05, 4.69) is 23.1 Å². The van der Waals surface area contributed by atoms with Gasteiger partial charge in [-0.3, -0.25) is 20.4 Å². The molecule has 0 bridgehead atoms. The number of nitrogens with two attached hydrogens (primary N) is 1. The Bertz CT molecular complexity index is 392. The fourth-order valence-corrected chi connectivity index (χ4v) is 0.947. The Kier molecular flexibility index (Phi) is 3.75. The van der Waals surface area contributed by atoms with Gasteiger partial charge in [-0.15, -0.1) is 0 Å². The van der Waals surface area contributed by atoms with Crippen molar-refractivity contribution in [3.63, 3.8) is 0 Å². The number of hydrogen-bond donors (Lipinski definition) is 3. The molecule has 1 aromatic carbocycles. The van der Waals surface area contributed by atoms with Crippen LogP contribution in [-0.4, -0.2) is 16.8 Å². The smallest absolute Gasteiger partial charge is 0.310 e. The van der Waals surface area contributed by atoms with Gasteiger partial charge < -0.3 is 5.73 Å². The first-order valence-corrected chi connectivity index (χ1v) is 4.47. The molecule has 0 heterocycles. The van der Waals surface area contributed by atoms with E-state index in [0.717, 1.165) is 0 Å². The zero-order chi connectivity index (χ0) is 11.3. The molecule has 6 heteroatoms. The molecule has 1 rings (SSSR count). The molecule has 15 heavy (non-hydrogen) atoms. The predicted octanol–water partition coefficient (Wildman–Crippen LogP) is -0.266. The Morgan fingerprint density at radius 3 is 2.27 bits per heavy atom. The molecule has 1 amide bonds. The maximum Gasteiger partial charge on any atom is 0.310 e. The lowest BCUT2D eigenvalue weighted by molar-refractivity contribution is -0.117. The highest BCUT2D eigenvalue weighted by molar-refractivity contribution is 7.80. The lowest BCUT2D eigenvalue weighted by Crippen LogP contribution is -2.47. The Morgan fingerprint density at radius 1 is 1.13 bits per heavy atom. The molecule has 0 spiro atoms. The second kappa shape index (κ2) is 5.06. The van der Waals surface area contributed by atoms with Gasteiger partial charge in [0.1, 0.15) is 0 Å². The molecule has 0 saturated heterocycles. The van der Waals surface area contributed by atoms with Crippen molar-refractivity contribution in [1.82, 2.24) is 10.9 Å². The van der Waals surface area contributed by atoms with E-state index >= 15 is 0 Å². The minimum atomic E-state index is -0.811. The first-order chi connectivity index (χ1) is 7.11. The summed E-state index contributed by atoms with van der Waals surface area (Å²) in [6, 6.07) is 8.18. The standard InChI is InChI=1S/C9H9N3O2S/c10-9(15)12-11-8(14)7(13)6-4-2-1-3-5-6/h1-5H,(H,11,14)(H3,10,12,15). The van der Waals surface area contributed by atoms with Crippen molar-refractivity contribution in [3.8, 4) is 0 Å². The Labute approximate surface area is 91.6 Å². The summed E-state index contributed by atoms with van der Waals surface area (Å²) in [6.07, 6.45) is 0. The van der Waals surface area contributed by atoms with Crippen LogP contribution < -0.4 is 16.6 Å². The molecule has 0 unspecified atom stereocenters. The van der Waals surface area contributed by atoms with Crippen LogP contribution in [0.5, 0.6) is 0 Å². The monoisotopic (exact) mass is 223 g/mol. The average molecular weight is 223 g/mol. The lowest BCUT2D eigenvalue weighted by Gasteiger charge is -2.04. The highest BCUT2D eigenvalue weighted by atomic mass is 32.1. The maximum atomic E-state index is 11.4. The third-order valence-electron chi connectivity index (χ3n) is 1.54. The highest BCUT2D eigenvalue weighted by Crippen LogP contribution is 1.99. The third kappa shape index (κ3) is 3.35. The van der Waals surface area contributed by atoms with E-state index in [0.29, 0.717) is 5.56 Å². The second-order valence-electron chi connectivity index (χ2n) is 2.64. The van der Waals surface area contributed by atoms with Crippen LogP contribution in [0.2, 0.25) is 0 Å². The fraction of sp³-hybridized carbons (Fsp3) is 0. The van der Waals surface area contributed by atoms with Crippen molar-refractivity contribution in [3.05, 3.63) is 35.9 Å². The summed E-state index contributed by atoms with van der Waals surface area (Å²) in [7, 11) is 0. The number of nitrogens with one attached hydrogen (secondary N) is 2. The van der Waals surface area contributed by atoms with Crippen LogP contribution in [0.3, 0.4) is 0 Å². The molecular weight excluding hydrogens is 214 g/mol. The summed E-state index contributed by atoms with van der Waals surface area (Å²) in [5.41, 5.74) is 9.64. The van der Waals surface area contributed by atoms with Crippen LogP contribution in [-0.2, 0) is 4.79 Å². The Balaban J connectivity index is 2.62. The van der Waals surface area contributed by atoms with Gasteiger partial charge in [0.25, 0.3) is 5.78 Å². The average Bonchev–Trinajstić information content (AvgIpc) is 2.26. The fourth-order valence-electron chi connectivity index (χ4n) is 0.896. The molecule has 78 valence electrons. The summed E-state index contributed by atoms with van der Waals surface area (Å²) in [6.45, 7) is 0. The SMILES string of the molecule is NC(=S)NNC(=O)C(=O)c1ccccc1. The zero-order valence-electron chi connectivity index (χ0n) is 7.69. The molecule has 0 aliphatic rings. The van der Waals surface area contributed by atoms with Gasteiger partial charge in [0, 0.05) is 5.56 Å². The van der Waals surface area contributed by atoms with Gasteiger partial charge in [-0.25, -0.2) is 0 Å². The number of amides is 1. The normalized spacial score (nSPS) is 9.07. The Hall–Kier alpha value is -1.95. The summed E-state index contributed by atoms with van der Waals surface area (Å²) in [4.78, 5) is 22.6. The van der Waals surface area contributed by atoms with Crippen molar-refractivity contribution in [1.29, 1.82) is 0 Å². The van der Waals surface area contributed by atoms with Gasteiger partial charge >= 0.3 is 5.91 Å². The van der Waals surface area contributed by atoms with Crippen LogP contribution in [0.4, 0.5) is 0 Å². The van der Waals surface area contributed by atoms with E-state index in [4.69, 9.17) is 5.73 Å².